The first kappa shape index (κ1) is 21.2. The molecule has 0 saturated carbocycles. The molecule has 0 amide bonds. The maximum atomic E-state index is 14.7. The highest BCUT2D eigenvalue weighted by atomic mass is 19.2. The lowest BCUT2D eigenvalue weighted by molar-refractivity contribution is -0.198. The van der Waals surface area contributed by atoms with Crippen molar-refractivity contribution in [1.82, 2.24) is 0 Å². The van der Waals surface area contributed by atoms with E-state index in [-0.39, 0.29) is 17.2 Å². The van der Waals surface area contributed by atoms with E-state index in [0.29, 0.717) is 29.9 Å². The van der Waals surface area contributed by atoms with Gasteiger partial charge < -0.3 is 14.2 Å². The van der Waals surface area contributed by atoms with E-state index in [9.17, 15) is 13.2 Å². The lowest BCUT2D eigenvalue weighted by Crippen LogP contribution is -2.26. The highest BCUT2D eigenvalue weighted by Crippen LogP contribution is 2.33. The Kier molecular flexibility index (Phi) is 6.11. The molecule has 4 rings (SSSR count). The van der Waals surface area contributed by atoms with Crippen molar-refractivity contribution < 1.29 is 27.4 Å². The zero-order valence-corrected chi connectivity index (χ0v) is 16.9. The molecule has 0 unspecified atom stereocenters. The van der Waals surface area contributed by atoms with Gasteiger partial charge in [0, 0.05) is 17.0 Å². The van der Waals surface area contributed by atoms with Gasteiger partial charge in [-0.15, -0.1) is 6.58 Å². The maximum Gasteiger partial charge on any atom is 0.201 e. The van der Waals surface area contributed by atoms with Gasteiger partial charge in [0.05, 0.1) is 20.3 Å². The molecule has 6 heteroatoms. The number of rotatable bonds is 5. The normalized spacial score (nSPS) is 18.6. The third-order valence-electron chi connectivity index (χ3n) is 5.31. The lowest BCUT2D eigenvalue weighted by atomic mass is 9.98. The van der Waals surface area contributed by atoms with Crippen molar-refractivity contribution in [2.75, 3.05) is 20.3 Å². The minimum atomic E-state index is -1.03. The zero-order chi connectivity index (χ0) is 22.0. The molecule has 0 aliphatic carbocycles. The van der Waals surface area contributed by atoms with Crippen LogP contribution in [0.4, 0.5) is 13.2 Å². The van der Waals surface area contributed by atoms with Gasteiger partial charge in [0.25, 0.3) is 0 Å². The van der Waals surface area contributed by atoms with Crippen molar-refractivity contribution in [1.29, 1.82) is 0 Å². The Morgan fingerprint density at radius 3 is 2.13 bits per heavy atom. The molecule has 3 nitrogen and oxygen atoms in total. The Labute approximate surface area is 178 Å². The summed E-state index contributed by atoms with van der Waals surface area (Å²) in [6.07, 6.45) is 1.01. The van der Waals surface area contributed by atoms with Gasteiger partial charge in [-0.1, -0.05) is 42.5 Å². The summed E-state index contributed by atoms with van der Waals surface area (Å²) >= 11 is 0. The molecule has 0 bridgehead atoms. The fourth-order valence-electron chi connectivity index (χ4n) is 3.49. The van der Waals surface area contributed by atoms with E-state index in [1.54, 1.807) is 42.5 Å². The Bertz CT molecular complexity index is 1090. The van der Waals surface area contributed by atoms with E-state index in [1.807, 2.05) is 0 Å². The van der Waals surface area contributed by atoms with E-state index in [4.69, 9.17) is 14.2 Å². The first-order chi connectivity index (χ1) is 15.0. The molecule has 0 radical (unpaired) electrons. The molecule has 1 saturated heterocycles. The van der Waals surface area contributed by atoms with E-state index < -0.39 is 23.7 Å². The van der Waals surface area contributed by atoms with Crippen LogP contribution in [-0.4, -0.2) is 20.3 Å². The minimum absolute atomic E-state index is 0.0983. The summed E-state index contributed by atoms with van der Waals surface area (Å²) < 4.78 is 59.0. The summed E-state index contributed by atoms with van der Waals surface area (Å²) in [4.78, 5) is 0. The minimum Gasteiger partial charge on any atom is -0.494 e. The Morgan fingerprint density at radius 1 is 0.871 bits per heavy atom. The second-order valence-corrected chi connectivity index (χ2v) is 7.25. The van der Waals surface area contributed by atoms with Gasteiger partial charge in [-0.25, -0.2) is 8.78 Å². The van der Waals surface area contributed by atoms with E-state index >= 15 is 0 Å². The number of hydrogen-bond acceptors (Lipinski definition) is 3. The smallest absolute Gasteiger partial charge is 0.201 e. The summed E-state index contributed by atoms with van der Waals surface area (Å²) in [5.74, 6) is -2.51. The largest absolute Gasteiger partial charge is 0.494 e. The van der Waals surface area contributed by atoms with Crippen LogP contribution in [0, 0.1) is 23.4 Å². The van der Waals surface area contributed by atoms with Crippen molar-refractivity contribution >= 4 is 0 Å². The highest BCUT2D eigenvalue weighted by Gasteiger charge is 2.24. The molecular weight excluding hydrogens is 405 g/mol. The second kappa shape index (κ2) is 8.96. The number of hydrogen-bond donors (Lipinski definition) is 0. The van der Waals surface area contributed by atoms with Crippen LogP contribution in [0.3, 0.4) is 0 Å². The third-order valence-corrected chi connectivity index (χ3v) is 5.31. The molecule has 3 aromatic carbocycles. The molecule has 0 atom stereocenters. The number of methoxy groups -OCH3 is 1. The van der Waals surface area contributed by atoms with Crippen molar-refractivity contribution in [2.45, 2.75) is 6.29 Å². The summed E-state index contributed by atoms with van der Waals surface area (Å²) in [7, 11) is 1.28. The van der Waals surface area contributed by atoms with Crippen LogP contribution < -0.4 is 4.74 Å². The molecule has 3 aromatic rings. The third kappa shape index (κ3) is 4.22. The Balaban J connectivity index is 1.55. The topological polar surface area (TPSA) is 27.7 Å². The quantitative estimate of drug-likeness (QED) is 0.449. The van der Waals surface area contributed by atoms with Crippen LogP contribution in [-0.2, 0) is 9.47 Å². The van der Waals surface area contributed by atoms with Crippen molar-refractivity contribution in [3.05, 3.63) is 90.3 Å². The van der Waals surface area contributed by atoms with Crippen LogP contribution >= 0.6 is 0 Å². The van der Waals surface area contributed by atoms with E-state index in [1.165, 1.54) is 25.3 Å². The molecule has 0 aromatic heterocycles. The van der Waals surface area contributed by atoms with Gasteiger partial charge in [0.15, 0.2) is 17.9 Å². The van der Waals surface area contributed by atoms with Gasteiger partial charge in [-0.3, -0.25) is 0 Å². The molecule has 1 aliphatic heterocycles. The maximum absolute atomic E-state index is 14.7. The van der Waals surface area contributed by atoms with Crippen LogP contribution in [0.15, 0.2) is 67.3 Å². The molecule has 1 aliphatic rings. The molecular formula is C25H21F3O3. The van der Waals surface area contributed by atoms with Crippen LogP contribution in [0.2, 0.25) is 0 Å². The Morgan fingerprint density at radius 2 is 1.52 bits per heavy atom. The second-order valence-electron chi connectivity index (χ2n) is 7.25. The first-order valence-corrected chi connectivity index (χ1v) is 9.79. The van der Waals surface area contributed by atoms with Gasteiger partial charge in [0.2, 0.25) is 5.82 Å². The van der Waals surface area contributed by atoms with Crippen LogP contribution in [0.5, 0.6) is 5.75 Å². The summed E-state index contributed by atoms with van der Waals surface area (Å²) in [6.45, 7) is 4.57. The monoisotopic (exact) mass is 426 g/mol. The van der Waals surface area contributed by atoms with Gasteiger partial charge in [0.1, 0.15) is 5.82 Å². The van der Waals surface area contributed by atoms with Crippen molar-refractivity contribution in [3.63, 3.8) is 0 Å². The summed E-state index contributed by atoms with van der Waals surface area (Å²) in [5, 5.41) is 0. The highest BCUT2D eigenvalue weighted by molar-refractivity contribution is 5.71. The number of benzene rings is 3. The predicted molar refractivity (Wildman–Crippen MR) is 112 cm³/mol. The van der Waals surface area contributed by atoms with Crippen LogP contribution in [0.25, 0.3) is 22.3 Å². The lowest BCUT2D eigenvalue weighted by Gasteiger charge is -2.28. The average molecular weight is 426 g/mol. The fraction of sp³-hybridized carbons (Fsp3) is 0.200. The molecule has 1 fully saturated rings. The molecule has 31 heavy (non-hydrogen) atoms. The summed E-state index contributed by atoms with van der Waals surface area (Å²) in [5.41, 5.74) is 2.34. The molecule has 0 spiro atoms. The predicted octanol–water partition coefficient (Wildman–Crippen LogP) is 6.29. The zero-order valence-electron chi connectivity index (χ0n) is 16.9. The average Bonchev–Trinajstić information content (AvgIpc) is 2.81. The van der Waals surface area contributed by atoms with Crippen LogP contribution in [0.1, 0.15) is 11.9 Å². The van der Waals surface area contributed by atoms with Gasteiger partial charge >= 0.3 is 0 Å². The molecule has 160 valence electrons. The number of halogens is 3. The SMILES string of the molecule is C=CC1COC(c2ccc(-c3ccc(-c4ccc(OC)c(F)c4F)cc3)cc2F)OC1. The molecule has 0 N–H and O–H groups in total. The fourth-order valence-corrected chi connectivity index (χ4v) is 3.49. The van der Waals surface area contributed by atoms with E-state index in [0.717, 1.165) is 5.56 Å². The van der Waals surface area contributed by atoms with Gasteiger partial charge in [-0.2, -0.15) is 4.39 Å². The summed E-state index contributed by atoms with van der Waals surface area (Å²) in [6, 6.07) is 14.4. The first-order valence-electron chi connectivity index (χ1n) is 9.79. The molecule has 1 heterocycles. The standard InChI is InChI=1S/C25H21F3O3/c1-3-15-13-30-25(31-14-15)20-9-8-18(12-21(20)26)16-4-6-17(7-5-16)19-10-11-22(29-2)24(28)23(19)27/h3-12,15,25H,1,13-14H2,2H3. The van der Waals surface area contributed by atoms with Crippen molar-refractivity contribution in [2.24, 2.45) is 5.92 Å². The van der Waals surface area contributed by atoms with E-state index in [2.05, 4.69) is 6.58 Å². The Hall–Kier alpha value is -3.09. The van der Waals surface area contributed by atoms with Gasteiger partial charge in [-0.05, 0) is 34.9 Å². The van der Waals surface area contributed by atoms with Crippen molar-refractivity contribution in [3.8, 4) is 28.0 Å². The number of ether oxygens (including phenoxy) is 3.